The van der Waals surface area contributed by atoms with E-state index in [1.54, 1.807) is 23.1 Å². The molecule has 0 spiro atoms. The Hall–Kier alpha value is -2.96. The molecule has 1 aliphatic carbocycles. The first-order chi connectivity index (χ1) is 12.3. The van der Waals surface area contributed by atoms with Crippen molar-refractivity contribution in [2.75, 3.05) is 0 Å². The quantitative estimate of drug-likeness (QED) is 0.793. The number of aromatic nitrogens is 5. The molecule has 1 amide bonds. The third kappa shape index (κ3) is 2.93. The van der Waals surface area contributed by atoms with Crippen LogP contribution >= 0.6 is 0 Å². The minimum absolute atomic E-state index is 0.0291. The lowest BCUT2D eigenvalue weighted by Crippen LogP contribution is -2.31. The van der Waals surface area contributed by atoms with Crippen molar-refractivity contribution in [2.24, 2.45) is 0 Å². The van der Waals surface area contributed by atoms with Crippen molar-refractivity contribution in [1.82, 2.24) is 29.9 Å². The van der Waals surface area contributed by atoms with Gasteiger partial charge in [-0.2, -0.15) is 10.2 Å². The number of hydrogen-bond acceptors (Lipinski definition) is 4. The lowest BCUT2D eigenvalue weighted by atomic mass is 9.92. The summed E-state index contributed by atoms with van der Waals surface area (Å²) in [5.74, 6) is -0.137. The number of hydrogen-bond donors (Lipinski definition) is 1. The highest BCUT2D eigenvalue weighted by Crippen LogP contribution is 2.31. The van der Waals surface area contributed by atoms with Crippen molar-refractivity contribution >= 4 is 5.91 Å². The van der Waals surface area contributed by atoms with Gasteiger partial charge in [0, 0.05) is 36.4 Å². The molecule has 1 aliphatic rings. The van der Waals surface area contributed by atoms with E-state index in [9.17, 15) is 4.79 Å². The Bertz CT molecular complexity index is 882. The van der Waals surface area contributed by atoms with E-state index >= 15 is 0 Å². The van der Waals surface area contributed by atoms with Gasteiger partial charge < -0.3 is 5.32 Å². The molecule has 0 radical (unpaired) electrons. The van der Waals surface area contributed by atoms with Gasteiger partial charge in [0.2, 0.25) is 0 Å². The third-order valence-corrected chi connectivity index (χ3v) is 4.59. The lowest BCUT2D eigenvalue weighted by molar-refractivity contribution is 0.0927. The lowest BCUT2D eigenvalue weighted by Gasteiger charge is -2.24. The van der Waals surface area contributed by atoms with E-state index in [-0.39, 0.29) is 11.9 Å². The topological polar surface area (TPSA) is 77.6 Å². The third-order valence-electron chi connectivity index (χ3n) is 4.59. The van der Waals surface area contributed by atoms with Crippen LogP contribution in [0.2, 0.25) is 0 Å². The summed E-state index contributed by atoms with van der Waals surface area (Å²) in [6, 6.07) is 5.60. The summed E-state index contributed by atoms with van der Waals surface area (Å²) < 4.78 is 3.70. The van der Waals surface area contributed by atoms with Gasteiger partial charge in [-0.15, -0.1) is 0 Å². The molecule has 0 aromatic carbocycles. The zero-order valence-corrected chi connectivity index (χ0v) is 14.1. The molecule has 3 aromatic heterocycles. The van der Waals surface area contributed by atoms with Crippen LogP contribution in [0.25, 0.3) is 5.69 Å². The van der Waals surface area contributed by atoms with Crippen molar-refractivity contribution in [3.8, 4) is 5.69 Å². The molecule has 7 heteroatoms. The monoisotopic (exact) mass is 336 g/mol. The molecule has 7 nitrogen and oxygen atoms in total. The Morgan fingerprint density at radius 1 is 1.32 bits per heavy atom. The normalized spacial score (nSPS) is 16.4. The van der Waals surface area contributed by atoms with Crippen LogP contribution in [-0.4, -0.2) is 30.5 Å². The molecule has 1 atom stereocenters. The molecule has 0 saturated heterocycles. The fourth-order valence-electron chi connectivity index (χ4n) is 3.31. The van der Waals surface area contributed by atoms with Gasteiger partial charge in [0.05, 0.1) is 17.9 Å². The summed E-state index contributed by atoms with van der Waals surface area (Å²) in [7, 11) is 0. The predicted octanol–water partition coefficient (Wildman–Crippen LogP) is 2.29. The van der Waals surface area contributed by atoms with Gasteiger partial charge in [0.25, 0.3) is 5.91 Å². The maximum Gasteiger partial charge on any atom is 0.272 e. The molecule has 3 heterocycles. The molecule has 1 N–H and O–H groups in total. The average molecular weight is 336 g/mol. The highest BCUT2D eigenvalue weighted by atomic mass is 16.2. The number of carbonyl (C=O) groups excluding carboxylic acids is 1. The van der Waals surface area contributed by atoms with Crippen LogP contribution in [0.3, 0.4) is 0 Å². The van der Waals surface area contributed by atoms with Crippen molar-refractivity contribution in [1.29, 1.82) is 0 Å². The summed E-state index contributed by atoms with van der Waals surface area (Å²) in [5, 5.41) is 11.9. The summed E-state index contributed by atoms with van der Waals surface area (Å²) >= 11 is 0. The van der Waals surface area contributed by atoms with Crippen LogP contribution in [0.5, 0.6) is 0 Å². The molecule has 0 saturated carbocycles. The largest absolute Gasteiger partial charge is 0.344 e. The number of aryl methyl sites for hydroxylation is 1. The Balaban J connectivity index is 1.58. The van der Waals surface area contributed by atoms with E-state index < -0.39 is 0 Å². The molecule has 3 aromatic rings. The van der Waals surface area contributed by atoms with Crippen molar-refractivity contribution in [2.45, 2.75) is 38.8 Å². The zero-order valence-electron chi connectivity index (χ0n) is 14.1. The van der Waals surface area contributed by atoms with Crippen molar-refractivity contribution < 1.29 is 4.79 Å². The zero-order chi connectivity index (χ0) is 17.2. The van der Waals surface area contributed by atoms with Gasteiger partial charge in [0.15, 0.2) is 0 Å². The molecular weight excluding hydrogens is 316 g/mol. The number of carbonyl (C=O) groups is 1. The van der Waals surface area contributed by atoms with Gasteiger partial charge >= 0.3 is 0 Å². The predicted molar refractivity (Wildman–Crippen MR) is 92.4 cm³/mol. The van der Waals surface area contributed by atoms with Crippen molar-refractivity contribution in [3.05, 3.63) is 59.9 Å². The Kier molecular flexibility index (Phi) is 4.05. The summed E-state index contributed by atoms with van der Waals surface area (Å²) in [6.07, 6.45) is 10.1. The first-order valence-corrected chi connectivity index (χ1v) is 8.57. The second kappa shape index (κ2) is 6.51. The first-order valence-electron chi connectivity index (χ1n) is 8.57. The highest BCUT2D eigenvalue weighted by Gasteiger charge is 2.26. The number of amides is 1. The summed E-state index contributed by atoms with van der Waals surface area (Å²) in [6.45, 7) is 2.75. The van der Waals surface area contributed by atoms with Crippen LogP contribution in [0.1, 0.15) is 47.6 Å². The summed E-state index contributed by atoms with van der Waals surface area (Å²) in [5.41, 5.74) is 3.69. The van der Waals surface area contributed by atoms with E-state index in [1.165, 1.54) is 0 Å². The van der Waals surface area contributed by atoms with Gasteiger partial charge in [-0.25, -0.2) is 4.68 Å². The molecule has 4 rings (SSSR count). The maximum absolute atomic E-state index is 12.5. The average Bonchev–Trinajstić information content (AvgIpc) is 3.30. The molecule has 0 unspecified atom stereocenters. The number of rotatable bonds is 4. The van der Waals surface area contributed by atoms with Crippen LogP contribution in [-0.2, 0) is 13.0 Å². The Labute approximate surface area is 145 Å². The molecule has 0 aliphatic heterocycles. The molecule has 128 valence electrons. The van der Waals surface area contributed by atoms with Crippen molar-refractivity contribution in [3.63, 3.8) is 0 Å². The fraction of sp³-hybridized carbons (Fsp3) is 0.333. The maximum atomic E-state index is 12.5. The van der Waals surface area contributed by atoms with E-state index in [2.05, 4.69) is 20.5 Å². The SMILES string of the molecule is CCn1ccc(C(=O)N[C@H]2CCCc3c2cnn3-c2ccncc2)n1. The van der Waals surface area contributed by atoms with E-state index in [1.807, 2.05) is 36.1 Å². The Morgan fingerprint density at radius 3 is 2.92 bits per heavy atom. The standard InChI is InChI=1S/C18H20N6O/c1-2-23-11-8-16(22-23)18(25)21-15-4-3-5-17-14(15)12-20-24(17)13-6-9-19-10-7-13/h6-12,15H,2-5H2,1H3,(H,21,25)/t15-/m0/s1. The van der Waals surface area contributed by atoms with Gasteiger partial charge in [0.1, 0.15) is 5.69 Å². The van der Waals surface area contributed by atoms with Gasteiger partial charge in [-0.05, 0) is 44.4 Å². The fourth-order valence-corrected chi connectivity index (χ4v) is 3.31. The van der Waals surface area contributed by atoms with Crippen LogP contribution in [0.4, 0.5) is 0 Å². The minimum Gasteiger partial charge on any atom is -0.344 e. The smallest absolute Gasteiger partial charge is 0.272 e. The molecule has 0 fully saturated rings. The van der Waals surface area contributed by atoms with E-state index in [0.717, 1.165) is 42.8 Å². The number of nitrogens with zero attached hydrogens (tertiary/aromatic N) is 5. The van der Waals surface area contributed by atoms with E-state index in [0.29, 0.717) is 5.69 Å². The molecular formula is C18H20N6O. The number of fused-ring (bicyclic) bond motifs is 1. The second-order valence-corrected chi connectivity index (χ2v) is 6.14. The van der Waals surface area contributed by atoms with Crippen LogP contribution < -0.4 is 5.32 Å². The Morgan fingerprint density at radius 2 is 2.16 bits per heavy atom. The van der Waals surface area contributed by atoms with E-state index in [4.69, 9.17) is 0 Å². The summed E-state index contributed by atoms with van der Waals surface area (Å²) in [4.78, 5) is 16.6. The van der Waals surface area contributed by atoms with Crippen LogP contribution in [0, 0.1) is 0 Å². The highest BCUT2D eigenvalue weighted by molar-refractivity contribution is 5.92. The molecule has 25 heavy (non-hydrogen) atoms. The minimum atomic E-state index is -0.137. The second-order valence-electron chi connectivity index (χ2n) is 6.14. The van der Waals surface area contributed by atoms with Gasteiger partial charge in [-0.3, -0.25) is 14.5 Å². The first kappa shape index (κ1) is 15.6. The van der Waals surface area contributed by atoms with Gasteiger partial charge in [-0.1, -0.05) is 0 Å². The number of nitrogens with one attached hydrogen (secondary N) is 1. The molecule has 0 bridgehead atoms. The van der Waals surface area contributed by atoms with Crippen LogP contribution in [0.15, 0.2) is 43.0 Å². The number of pyridine rings is 1.